The maximum absolute atomic E-state index is 13.2. The zero-order chi connectivity index (χ0) is 13.7. The molecule has 0 heterocycles. The van der Waals surface area contributed by atoms with Gasteiger partial charge in [0.25, 0.3) is 0 Å². The van der Waals surface area contributed by atoms with E-state index in [0.717, 1.165) is 0 Å². The first-order valence-electron chi connectivity index (χ1n) is 5.73. The molecular formula is C13H17ClFNO2. The van der Waals surface area contributed by atoms with Crippen molar-refractivity contribution < 1.29 is 13.9 Å². The van der Waals surface area contributed by atoms with Crippen molar-refractivity contribution in [2.45, 2.75) is 32.2 Å². The van der Waals surface area contributed by atoms with Crippen LogP contribution in [0.25, 0.3) is 0 Å². The molecule has 2 N–H and O–H groups in total. The predicted molar refractivity (Wildman–Crippen MR) is 68.9 cm³/mol. The number of methoxy groups -OCH3 is 1. The van der Waals surface area contributed by atoms with Gasteiger partial charge in [0.2, 0.25) is 0 Å². The normalized spacial score (nSPS) is 12.3. The first-order chi connectivity index (χ1) is 8.45. The smallest absolute Gasteiger partial charge is 0.305 e. The average molecular weight is 274 g/mol. The highest BCUT2D eigenvalue weighted by molar-refractivity contribution is 6.31. The zero-order valence-corrected chi connectivity index (χ0v) is 11.3. The van der Waals surface area contributed by atoms with Gasteiger partial charge in [-0.2, -0.15) is 0 Å². The Balaban J connectivity index is 2.64. The molecule has 0 spiro atoms. The largest absolute Gasteiger partial charge is 0.469 e. The van der Waals surface area contributed by atoms with Crippen LogP contribution in [0.3, 0.4) is 0 Å². The molecule has 0 aliphatic rings. The molecule has 0 saturated carbocycles. The molecule has 0 bridgehead atoms. The lowest BCUT2D eigenvalue weighted by Gasteiger charge is -2.14. The molecule has 1 aromatic carbocycles. The fourth-order valence-electron chi connectivity index (χ4n) is 1.69. The van der Waals surface area contributed by atoms with E-state index < -0.39 is 0 Å². The van der Waals surface area contributed by atoms with Crippen LogP contribution in [0.2, 0.25) is 5.02 Å². The molecule has 18 heavy (non-hydrogen) atoms. The number of hydrogen-bond acceptors (Lipinski definition) is 3. The van der Waals surface area contributed by atoms with Gasteiger partial charge in [-0.25, -0.2) is 4.39 Å². The third-order valence-electron chi connectivity index (χ3n) is 2.80. The quantitative estimate of drug-likeness (QED) is 0.839. The van der Waals surface area contributed by atoms with Gasteiger partial charge in [0.05, 0.1) is 7.11 Å². The SMILES string of the molecule is COC(=O)CCCC(N)c1cc(C)c(F)cc1Cl. The van der Waals surface area contributed by atoms with Crippen LogP contribution in [0, 0.1) is 12.7 Å². The molecule has 0 amide bonds. The molecule has 5 heteroatoms. The van der Waals surface area contributed by atoms with Gasteiger partial charge in [-0.15, -0.1) is 0 Å². The number of halogens is 2. The summed E-state index contributed by atoms with van der Waals surface area (Å²) >= 11 is 5.95. The first-order valence-corrected chi connectivity index (χ1v) is 6.11. The molecule has 0 aliphatic heterocycles. The van der Waals surface area contributed by atoms with E-state index in [2.05, 4.69) is 4.74 Å². The van der Waals surface area contributed by atoms with Gasteiger partial charge in [-0.05, 0) is 37.0 Å². The van der Waals surface area contributed by atoms with Crippen molar-refractivity contribution in [3.05, 3.63) is 34.1 Å². The fraction of sp³-hybridized carbons (Fsp3) is 0.462. The Morgan fingerprint density at radius 1 is 1.56 bits per heavy atom. The predicted octanol–water partition coefficient (Wildman–Crippen LogP) is 3.13. The lowest BCUT2D eigenvalue weighted by Crippen LogP contribution is -2.12. The summed E-state index contributed by atoms with van der Waals surface area (Å²) in [7, 11) is 1.35. The summed E-state index contributed by atoms with van der Waals surface area (Å²) in [6.07, 6.45) is 1.53. The van der Waals surface area contributed by atoms with Crippen LogP contribution in [-0.2, 0) is 9.53 Å². The van der Waals surface area contributed by atoms with E-state index in [9.17, 15) is 9.18 Å². The Morgan fingerprint density at radius 3 is 2.83 bits per heavy atom. The van der Waals surface area contributed by atoms with E-state index in [1.165, 1.54) is 13.2 Å². The molecule has 1 atom stereocenters. The molecule has 0 radical (unpaired) electrons. The molecule has 3 nitrogen and oxygen atoms in total. The second kappa shape index (κ2) is 6.71. The molecular weight excluding hydrogens is 257 g/mol. The number of ether oxygens (including phenoxy) is 1. The van der Waals surface area contributed by atoms with Crippen molar-refractivity contribution in [2.75, 3.05) is 7.11 Å². The summed E-state index contributed by atoms with van der Waals surface area (Å²) in [5, 5.41) is 0.323. The van der Waals surface area contributed by atoms with Crippen LogP contribution < -0.4 is 5.73 Å². The number of benzene rings is 1. The highest BCUT2D eigenvalue weighted by atomic mass is 35.5. The Morgan fingerprint density at radius 2 is 2.22 bits per heavy atom. The Labute approximate surface area is 111 Å². The van der Waals surface area contributed by atoms with Gasteiger partial charge in [-0.1, -0.05) is 17.7 Å². The second-order valence-electron chi connectivity index (χ2n) is 4.20. The third-order valence-corrected chi connectivity index (χ3v) is 3.13. The maximum Gasteiger partial charge on any atom is 0.305 e. The minimum Gasteiger partial charge on any atom is -0.469 e. The summed E-state index contributed by atoms with van der Waals surface area (Å²) in [4.78, 5) is 11.0. The zero-order valence-electron chi connectivity index (χ0n) is 10.5. The highest BCUT2D eigenvalue weighted by Gasteiger charge is 2.13. The lowest BCUT2D eigenvalue weighted by molar-refractivity contribution is -0.140. The van der Waals surface area contributed by atoms with Gasteiger partial charge in [0.1, 0.15) is 5.82 Å². The fourth-order valence-corrected chi connectivity index (χ4v) is 1.98. The number of rotatable bonds is 5. The van der Waals surface area contributed by atoms with E-state index in [1.54, 1.807) is 13.0 Å². The monoisotopic (exact) mass is 273 g/mol. The molecule has 0 aliphatic carbocycles. The van der Waals surface area contributed by atoms with Crippen molar-refractivity contribution in [1.82, 2.24) is 0 Å². The standard InChI is InChI=1S/C13H17ClFNO2/c1-8-6-9(10(14)7-11(8)15)12(16)4-3-5-13(17)18-2/h6-7,12H,3-5,16H2,1-2H3. The van der Waals surface area contributed by atoms with E-state index in [4.69, 9.17) is 17.3 Å². The number of hydrogen-bond donors (Lipinski definition) is 1. The lowest BCUT2D eigenvalue weighted by atomic mass is 10.00. The van der Waals surface area contributed by atoms with E-state index in [-0.39, 0.29) is 17.8 Å². The van der Waals surface area contributed by atoms with Crippen molar-refractivity contribution in [3.63, 3.8) is 0 Å². The number of carbonyl (C=O) groups is 1. The van der Waals surface area contributed by atoms with Crippen LogP contribution in [0.4, 0.5) is 4.39 Å². The minimum absolute atomic E-state index is 0.261. The second-order valence-corrected chi connectivity index (χ2v) is 4.60. The number of esters is 1. The van der Waals surface area contributed by atoms with E-state index >= 15 is 0 Å². The van der Waals surface area contributed by atoms with Crippen molar-refractivity contribution in [2.24, 2.45) is 5.73 Å². The Hall–Kier alpha value is -1.13. The van der Waals surface area contributed by atoms with E-state index in [0.29, 0.717) is 35.4 Å². The van der Waals surface area contributed by atoms with Crippen molar-refractivity contribution in [1.29, 1.82) is 0 Å². The van der Waals surface area contributed by atoms with Crippen LogP contribution in [-0.4, -0.2) is 13.1 Å². The number of nitrogens with two attached hydrogens (primary N) is 1. The Bertz CT molecular complexity index is 437. The minimum atomic E-state index is -0.342. The molecule has 0 saturated heterocycles. The van der Waals surface area contributed by atoms with Crippen molar-refractivity contribution >= 4 is 17.6 Å². The average Bonchev–Trinajstić information content (AvgIpc) is 2.33. The maximum atomic E-state index is 13.2. The van der Waals surface area contributed by atoms with Crippen LogP contribution in [0.1, 0.15) is 36.4 Å². The molecule has 0 aromatic heterocycles. The van der Waals surface area contributed by atoms with Crippen LogP contribution in [0.5, 0.6) is 0 Å². The number of carbonyl (C=O) groups excluding carboxylic acids is 1. The molecule has 1 aromatic rings. The van der Waals surface area contributed by atoms with Crippen LogP contribution >= 0.6 is 11.6 Å². The van der Waals surface area contributed by atoms with Crippen molar-refractivity contribution in [3.8, 4) is 0 Å². The summed E-state index contributed by atoms with van der Waals surface area (Å²) in [5.74, 6) is -0.603. The first kappa shape index (κ1) is 14.9. The van der Waals surface area contributed by atoms with Gasteiger partial charge in [0.15, 0.2) is 0 Å². The van der Waals surface area contributed by atoms with E-state index in [1.807, 2.05) is 0 Å². The van der Waals surface area contributed by atoms with Gasteiger partial charge >= 0.3 is 5.97 Å². The summed E-state index contributed by atoms with van der Waals surface area (Å²) in [6.45, 7) is 1.66. The number of aryl methyl sites for hydroxylation is 1. The van der Waals surface area contributed by atoms with Gasteiger partial charge < -0.3 is 10.5 Å². The summed E-state index contributed by atoms with van der Waals surface area (Å²) in [6, 6.07) is 2.62. The molecule has 100 valence electrons. The summed E-state index contributed by atoms with van der Waals surface area (Å²) in [5.41, 5.74) is 7.20. The van der Waals surface area contributed by atoms with Gasteiger partial charge in [0, 0.05) is 17.5 Å². The van der Waals surface area contributed by atoms with Crippen LogP contribution in [0.15, 0.2) is 12.1 Å². The molecule has 0 fully saturated rings. The topological polar surface area (TPSA) is 52.3 Å². The third kappa shape index (κ3) is 3.96. The Kier molecular flexibility index (Phi) is 5.56. The van der Waals surface area contributed by atoms with Gasteiger partial charge in [-0.3, -0.25) is 4.79 Å². The highest BCUT2D eigenvalue weighted by Crippen LogP contribution is 2.27. The molecule has 1 rings (SSSR count). The summed E-state index contributed by atoms with van der Waals surface area (Å²) < 4.78 is 17.8. The molecule has 1 unspecified atom stereocenters.